The first-order valence-corrected chi connectivity index (χ1v) is 15.2. The minimum Gasteiger partial charge on any atom is -0.507 e. The minimum absolute atomic E-state index is 0.103. The van der Waals surface area contributed by atoms with Crippen LogP contribution >= 0.6 is 22.9 Å². The van der Waals surface area contributed by atoms with Crippen LogP contribution in [0.4, 0.5) is 5.13 Å². The molecule has 1 amide bonds. The molecule has 0 unspecified atom stereocenters. The first-order chi connectivity index (χ1) is 21.9. The van der Waals surface area contributed by atoms with Crippen molar-refractivity contribution in [2.75, 3.05) is 25.2 Å². The summed E-state index contributed by atoms with van der Waals surface area (Å²) in [6.45, 7) is 1.07. The van der Waals surface area contributed by atoms with Gasteiger partial charge in [-0.05, 0) is 59.7 Å². The normalized spacial score (nSPS) is 17.1. The number of carbonyl (C=O) groups excluding carboxylic acids is 2. The molecule has 4 aromatic carbocycles. The largest absolute Gasteiger partial charge is 0.507 e. The SMILES string of the molecule is COc1cc([C@H]2/C(=C(\O)c3ccc4c(c3)OCCO4)C(=O)C(=O)N2c2nc3ccc(Cl)cc3s2)ccc1OCc1ccccc1. The smallest absolute Gasteiger partial charge is 0.301 e. The molecule has 2 aliphatic heterocycles. The van der Waals surface area contributed by atoms with E-state index in [4.69, 9.17) is 30.5 Å². The topological polar surface area (TPSA) is 107 Å². The van der Waals surface area contributed by atoms with Gasteiger partial charge in [-0.1, -0.05) is 59.3 Å². The van der Waals surface area contributed by atoms with Crippen molar-refractivity contribution in [2.45, 2.75) is 12.6 Å². The maximum Gasteiger partial charge on any atom is 0.301 e. The maximum absolute atomic E-state index is 13.8. The van der Waals surface area contributed by atoms with E-state index in [1.165, 1.54) is 23.3 Å². The highest BCUT2D eigenvalue weighted by molar-refractivity contribution is 7.22. The number of carbonyl (C=O) groups is 2. The van der Waals surface area contributed by atoms with Gasteiger partial charge < -0.3 is 24.1 Å². The van der Waals surface area contributed by atoms with Crippen LogP contribution in [0.5, 0.6) is 23.0 Å². The van der Waals surface area contributed by atoms with Gasteiger partial charge in [-0.3, -0.25) is 14.5 Å². The lowest BCUT2D eigenvalue weighted by molar-refractivity contribution is -0.132. The number of amides is 1. The van der Waals surface area contributed by atoms with Gasteiger partial charge in [0.15, 0.2) is 28.1 Å². The number of ether oxygens (including phenoxy) is 4. The van der Waals surface area contributed by atoms with E-state index in [0.29, 0.717) is 64.5 Å². The standard InChI is InChI=1S/C34H25ClN2O7S/c1-41-26-15-20(7-11-24(26)44-18-19-5-3-2-4-6-19)30-29(31(38)21-8-12-25-27(16-21)43-14-13-42-25)32(39)33(40)37(30)34-36-23-10-9-22(35)17-28(23)45-34/h2-12,15-17,30,38H,13-14,18H2,1H3/b31-29+/t30-/m0/s1. The maximum atomic E-state index is 13.8. The number of aromatic nitrogens is 1. The van der Waals surface area contributed by atoms with E-state index in [9.17, 15) is 14.7 Å². The number of aliphatic hydroxyl groups is 1. The second kappa shape index (κ2) is 11.8. The number of fused-ring (bicyclic) bond motifs is 2. The molecule has 1 fully saturated rings. The van der Waals surface area contributed by atoms with Crippen LogP contribution in [0.3, 0.4) is 0 Å². The molecule has 3 heterocycles. The molecule has 1 N–H and O–H groups in total. The number of thiazole rings is 1. The Kier molecular flexibility index (Phi) is 7.52. The van der Waals surface area contributed by atoms with E-state index in [2.05, 4.69) is 4.98 Å². The van der Waals surface area contributed by atoms with Gasteiger partial charge in [-0.15, -0.1) is 0 Å². The van der Waals surface area contributed by atoms with E-state index in [1.807, 2.05) is 30.3 Å². The number of Topliss-reactive ketones (excluding diaryl/α,β-unsaturated/α-hetero) is 1. The van der Waals surface area contributed by atoms with E-state index >= 15 is 0 Å². The number of rotatable bonds is 7. The lowest BCUT2D eigenvalue weighted by Crippen LogP contribution is -2.29. The lowest BCUT2D eigenvalue weighted by Gasteiger charge is -2.24. The zero-order valence-electron chi connectivity index (χ0n) is 23.9. The molecule has 2 aliphatic rings. The first-order valence-electron chi connectivity index (χ1n) is 14.0. The fourth-order valence-electron chi connectivity index (χ4n) is 5.39. The van der Waals surface area contributed by atoms with E-state index in [0.717, 1.165) is 10.3 Å². The average molecular weight is 641 g/mol. The Morgan fingerprint density at radius 1 is 0.978 bits per heavy atom. The quantitative estimate of drug-likeness (QED) is 0.116. The molecule has 9 nitrogen and oxygen atoms in total. The molecule has 0 aliphatic carbocycles. The average Bonchev–Trinajstić information content (AvgIpc) is 3.60. The third-order valence-electron chi connectivity index (χ3n) is 7.55. The molecule has 7 rings (SSSR count). The van der Waals surface area contributed by atoms with Gasteiger partial charge in [-0.25, -0.2) is 4.98 Å². The second-order valence-corrected chi connectivity index (χ2v) is 11.8. The Morgan fingerprint density at radius 3 is 2.58 bits per heavy atom. The van der Waals surface area contributed by atoms with Crippen LogP contribution in [0.25, 0.3) is 16.0 Å². The summed E-state index contributed by atoms with van der Waals surface area (Å²) in [7, 11) is 1.51. The number of methoxy groups -OCH3 is 1. The number of aliphatic hydroxyl groups excluding tert-OH is 1. The van der Waals surface area contributed by atoms with Crippen molar-refractivity contribution in [3.63, 3.8) is 0 Å². The Balaban J connectivity index is 1.35. The third kappa shape index (κ3) is 5.32. The molecule has 11 heteroatoms. The number of anilines is 1. The van der Waals surface area contributed by atoms with Gasteiger partial charge in [-0.2, -0.15) is 0 Å². The van der Waals surface area contributed by atoms with Crippen molar-refractivity contribution in [1.82, 2.24) is 4.98 Å². The van der Waals surface area contributed by atoms with Crippen LogP contribution in [0.1, 0.15) is 22.7 Å². The molecule has 0 spiro atoms. The number of hydrogen-bond donors (Lipinski definition) is 1. The fourth-order valence-corrected chi connectivity index (χ4v) is 6.66. The van der Waals surface area contributed by atoms with Gasteiger partial charge in [0.1, 0.15) is 25.6 Å². The van der Waals surface area contributed by atoms with Gasteiger partial charge in [0.25, 0.3) is 5.78 Å². The molecule has 5 aromatic rings. The van der Waals surface area contributed by atoms with Crippen molar-refractivity contribution in [3.8, 4) is 23.0 Å². The van der Waals surface area contributed by atoms with Crippen molar-refractivity contribution in [3.05, 3.63) is 112 Å². The van der Waals surface area contributed by atoms with Gasteiger partial charge in [0, 0.05) is 10.6 Å². The summed E-state index contributed by atoms with van der Waals surface area (Å²) >= 11 is 7.44. The molecule has 1 aromatic heterocycles. The first kappa shape index (κ1) is 28.7. The van der Waals surface area contributed by atoms with E-state index in [-0.39, 0.29) is 16.5 Å². The van der Waals surface area contributed by atoms with Crippen LogP contribution < -0.4 is 23.8 Å². The summed E-state index contributed by atoms with van der Waals surface area (Å²) in [5, 5.41) is 12.5. The second-order valence-electron chi connectivity index (χ2n) is 10.3. The number of benzene rings is 4. The molecule has 0 saturated carbocycles. The number of hydrogen-bond acceptors (Lipinski definition) is 9. The summed E-state index contributed by atoms with van der Waals surface area (Å²) in [5.74, 6) is -0.210. The minimum atomic E-state index is -1.04. The predicted octanol–water partition coefficient (Wildman–Crippen LogP) is 6.93. The van der Waals surface area contributed by atoms with E-state index < -0.39 is 17.7 Å². The van der Waals surface area contributed by atoms with E-state index in [1.54, 1.807) is 54.6 Å². The molecule has 1 saturated heterocycles. The monoisotopic (exact) mass is 640 g/mol. The number of halogens is 1. The molecule has 1 atom stereocenters. The summed E-state index contributed by atoms with van der Waals surface area (Å²) in [6.07, 6.45) is 0. The molecule has 0 bridgehead atoms. The molecular weight excluding hydrogens is 616 g/mol. The molecule has 226 valence electrons. The van der Waals surface area contributed by atoms with Crippen LogP contribution in [0, 0.1) is 0 Å². The zero-order valence-corrected chi connectivity index (χ0v) is 25.4. The Hall–Kier alpha value is -5.06. The summed E-state index contributed by atoms with van der Waals surface area (Å²) in [5.41, 5.74) is 2.30. The Bertz CT molecular complexity index is 1990. The number of ketones is 1. The van der Waals surface area contributed by atoms with Crippen LogP contribution in [0.15, 0.2) is 90.5 Å². The Labute approximate surface area is 266 Å². The molecule has 45 heavy (non-hydrogen) atoms. The number of nitrogens with zero attached hydrogens (tertiary/aromatic N) is 2. The Morgan fingerprint density at radius 2 is 1.78 bits per heavy atom. The highest BCUT2D eigenvalue weighted by Crippen LogP contribution is 2.46. The fraction of sp³-hybridized carbons (Fsp3) is 0.147. The third-order valence-corrected chi connectivity index (χ3v) is 8.80. The lowest BCUT2D eigenvalue weighted by atomic mass is 9.95. The van der Waals surface area contributed by atoms with Crippen molar-refractivity contribution >= 4 is 55.7 Å². The van der Waals surface area contributed by atoms with Crippen LogP contribution in [-0.4, -0.2) is 42.1 Å². The molecular formula is C34H25ClN2O7S. The van der Waals surface area contributed by atoms with Crippen molar-refractivity contribution in [2.24, 2.45) is 0 Å². The summed E-state index contributed by atoms with van der Waals surface area (Å²) in [6, 6.07) is 23.9. The van der Waals surface area contributed by atoms with Gasteiger partial charge in [0.2, 0.25) is 0 Å². The highest BCUT2D eigenvalue weighted by Gasteiger charge is 2.48. The van der Waals surface area contributed by atoms with Crippen LogP contribution in [-0.2, 0) is 16.2 Å². The highest BCUT2D eigenvalue weighted by atomic mass is 35.5. The predicted molar refractivity (Wildman–Crippen MR) is 171 cm³/mol. The summed E-state index contributed by atoms with van der Waals surface area (Å²) < 4.78 is 23.8. The summed E-state index contributed by atoms with van der Waals surface area (Å²) in [4.78, 5) is 33.5. The molecule has 0 radical (unpaired) electrons. The van der Waals surface area contributed by atoms with Gasteiger partial charge >= 0.3 is 5.91 Å². The van der Waals surface area contributed by atoms with Crippen LogP contribution in [0.2, 0.25) is 5.02 Å². The van der Waals surface area contributed by atoms with Crippen molar-refractivity contribution in [1.29, 1.82) is 0 Å². The zero-order chi connectivity index (χ0) is 31.1. The van der Waals surface area contributed by atoms with Gasteiger partial charge in [0.05, 0.1) is 28.9 Å². The van der Waals surface area contributed by atoms with Crippen molar-refractivity contribution < 1.29 is 33.6 Å².